The summed E-state index contributed by atoms with van der Waals surface area (Å²) in [4.78, 5) is 1.67. The van der Waals surface area contributed by atoms with E-state index < -0.39 is 15.8 Å². The molecule has 182 valence electrons. The molecule has 1 heterocycles. The van der Waals surface area contributed by atoms with Gasteiger partial charge in [0.1, 0.15) is 28.3 Å². The zero-order valence-corrected chi connectivity index (χ0v) is 20.5. The predicted octanol–water partition coefficient (Wildman–Crippen LogP) is 2.49. The first kappa shape index (κ1) is 28.5. The topological polar surface area (TPSA) is 153 Å². The van der Waals surface area contributed by atoms with Crippen molar-refractivity contribution >= 4 is 46.5 Å². The molecule has 0 saturated carbocycles. The summed E-state index contributed by atoms with van der Waals surface area (Å²) >= 11 is 0. The molecular formula is C21H29Cl2N5O4S. The van der Waals surface area contributed by atoms with Crippen LogP contribution in [-0.4, -0.2) is 55.8 Å². The van der Waals surface area contributed by atoms with Gasteiger partial charge >= 0.3 is 0 Å². The van der Waals surface area contributed by atoms with E-state index >= 15 is 0 Å². The number of amidine groups is 2. The van der Waals surface area contributed by atoms with E-state index in [4.69, 9.17) is 21.3 Å². The predicted molar refractivity (Wildman–Crippen MR) is 133 cm³/mol. The highest BCUT2D eigenvalue weighted by atomic mass is 35.5. The SMILES string of the molecule is CC(=N)N1CC[C@H](Oc2ccc(CCNS(=O)(=O)c3cc(C(=N)N)ccc3O)cc2)C1.Cl.Cl. The number of aromatic hydroxyl groups is 1. The maximum Gasteiger partial charge on any atom is 0.244 e. The maximum atomic E-state index is 12.5. The molecule has 1 aliphatic heterocycles. The summed E-state index contributed by atoms with van der Waals surface area (Å²) < 4.78 is 33.5. The Hall–Kier alpha value is -2.53. The number of ether oxygens (including phenoxy) is 1. The largest absolute Gasteiger partial charge is 0.507 e. The van der Waals surface area contributed by atoms with Crippen LogP contribution >= 0.6 is 24.8 Å². The van der Waals surface area contributed by atoms with Crippen LogP contribution in [0.3, 0.4) is 0 Å². The van der Waals surface area contributed by atoms with Crippen LogP contribution < -0.4 is 15.2 Å². The van der Waals surface area contributed by atoms with Crippen molar-refractivity contribution in [2.24, 2.45) is 5.73 Å². The van der Waals surface area contributed by atoms with Gasteiger partial charge in [-0.25, -0.2) is 13.1 Å². The average Bonchev–Trinajstić information content (AvgIpc) is 3.18. The van der Waals surface area contributed by atoms with Crippen molar-refractivity contribution in [2.45, 2.75) is 30.8 Å². The average molecular weight is 518 g/mol. The third-order valence-electron chi connectivity index (χ3n) is 5.11. The van der Waals surface area contributed by atoms with Crippen molar-refractivity contribution in [2.75, 3.05) is 19.6 Å². The molecule has 0 spiro atoms. The number of nitrogen functional groups attached to an aromatic ring is 1. The van der Waals surface area contributed by atoms with E-state index in [0.717, 1.165) is 24.3 Å². The summed E-state index contributed by atoms with van der Waals surface area (Å²) in [6.07, 6.45) is 1.38. The fraction of sp³-hybridized carbons (Fsp3) is 0.333. The lowest BCUT2D eigenvalue weighted by Crippen LogP contribution is -2.28. The second kappa shape index (κ2) is 12.1. The zero-order valence-electron chi connectivity index (χ0n) is 18.1. The minimum atomic E-state index is -3.95. The van der Waals surface area contributed by atoms with E-state index in [0.29, 0.717) is 18.8 Å². The van der Waals surface area contributed by atoms with E-state index in [1.807, 2.05) is 29.2 Å². The normalized spacial score (nSPS) is 15.3. The number of nitrogens with two attached hydrogens (primary N) is 1. The number of sulfonamides is 1. The molecule has 9 nitrogen and oxygen atoms in total. The molecule has 6 N–H and O–H groups in total. The highest BCUT2D eigenvalue weighted by Gasteiger charge is 2.24. The second-order valence-corrected chi connectivity index (χ2v) is 9.18. The number of phenolic OH excluding ortho intramolecular Hbond substituents is 1. The Morgan fingerprint density at radius 3 is 2.45 bits per heavy atom. The Morgan fingerprint density at radius 2 is 1.88 bits per heavy atom. The van der Waals surface area contributed by atoms with Gasteiger partial charge in [0.15, 0.2) is 0 Å². The second-order valence-electron chi connectivity index (χ2n) is 7.45. The molecule has 2 aromatic carbocycles. The first-order valence-corrected chi connectivity index (χ1v) is 11.4. The van der Waals surface area contributed by atoms with Gasteiger partial charge in [0, 0.05) is 25.1 Å². The number of hydrogen-bond donors (Lipinski definition) is 5. The maximum absolute atomic E-state index is 12.5. The highest BCUT2D eigenvalue weighted by molar-refractivity contribution is 7.89. The Balaban J connectivity index is 0.00000272. The number of nitrogens with zero attached hydrogens (tertiary/aromatic N) is 1. The summed E-state index contributed by atoms with van der Waals surface area (Å²) in [7, 11) is -3.95. The molecule has 0 radical (unpaired) electrons. The van der Waals surface area contributed by atoms with Crippen molar-refractivity contribution in [1.82, 2.24) is 9.62 Å². The first-order chi connectivity index (χ1) is 14.7. The summed E-state index contributed by atoms with van der Waals surface area (Å²) in [5.74, 6) is 0.606. The standard InChI is InChI=1S/C21H27N5O4S.2ClH/c1-14(22)26-11-9-18(13-26)30-17-5-2-15(3-6-17)8-10-25-31(28,29)20-12-16(21(23)24)4-7-19(20)27;;/h2-7,12,18,22,25,27H,8-11,13H2,1H3,(H3,23,24);2*1H/t18-;;/m0../s1. The molecule has 3 rings (SSSR count). The molecule has 1 atom stereocenters. The van der Waals surface area contributed by atoms with E-state index in [1.54, 1.807) is 6.92 Å². The third-order valence-corrected chi connectivity index (χ3v) is 6.60. The lowest BCUT2D eigenvalue weighted by atomic mass is 10.1. The first-order valence-electron chi connectivity index (χ1n) is 9.88. The van der Waals surface area contributed by atoms with Gasteiger partial charge in [-0.15, -0.1) is 24.8 Å². The van der Waals surface area contributed by atoms with Gasteiger partial charge < -0.3 is 20.5 Å². The van der Waals surface area contributed by atoms with Crippen molar-refractivity contribution < 1.29 is 18.3 Å². The van der Waals surface area contributed by atoms with Crippen LogP contribution in [0.15, 0.2) is 47.4 Å². The van der Waals surface area contributed by atoms with E-state index in [-0.39, 0.29) is 53.8 Å². The van der Waals surface area contributed by atoms with Gasteiger partial charge in [-0.2, -0.15) is 0 Å². The van der Waals surface area contributed by atoms with Crippen molar-refractivity contribution in [3.8, 4) is 11.5 Å². The lowest BCUT2D eigenvalue weighted by molar-refractivity contribution is 0.214. The van der Waals surface area contributed by atoms with Crippen LogP contribution in [-0.2, 0) is 16.4 Å². The number of hydrogen-bond acceptors (Lipinski definition) is 6. The fourth-order valence-corrected chi connectivity index (χ4v) is 4.51. The van der Waals surface area contributed by atoms with Crippen molar-refractivity contribution in [1.29, 1.82) is 10.8 Å². The summed E-state index contributed by atoms with van der Waals surface area (Å²) in [5, 5.41) is 25.0. The van der Waals surface area contributed by atoms with Gasteiger partial charge in [0.2, 0.25) is 10.0 Å². The van der Waals surface area contributed by atoms with Crippen LogP contribution in [0.2, 0.25) is 0 Å². The molecule has 1 aliphatic rings. The van der Waals surface area contributed by atoms with Gasteiger partial charge in [-0.05, 0) is 49.2 Å². The van der Waals surface area contributed by atoms with E-state index in [1.165, 1.54) is 18.2 Å². The quantitative estimate of drug-likeness (QED) is 0.267. The van der Waals surface area contributed by atoms with Crippen LogP contribution in [0.25, 0.3) is 0 Å². The highest BCUT2D eigenvalue weighted by Crippen LogP contribution is 2.24. The van der Waals surface area contributed by atoms with Crippen LogP contribution in [0, 0.1) is 10.8 Å². The molecule has 1 fully saturated rings. The number of rotatable bonds is 8. The number of phenols is 1. The van der Waals surface area contributed by atoms with Gasteiger partial charge in [-0.1, -0.05) is 12.1 Å². The van der Waals surface area contributed by atoms with Crippen LogP contribution in [0.4, 0.5) is 0 Å². The minimum Gasteiger partial charge on any atom is -0.507 e. The molecule has 0 unspecified atom stereocenters. The van der Waals surface area contributed by atoms with Crippen molar-refractivity contribution in [3.05, 3.63) is 53.6 Å². The van der Waals surface area contributed by atoms with Gasteiger partial charge in [-0.3, -0.25) is 10.8 Å². The van der Waals surface area contributed by atoms with Gasteiger partial charge in [0.05, 0.1) is 12.4 Å². The number of nitrogens with one attached hydrogen (secondary N) is 3. The Kier molecular flexibility index (Phi) is 10.4. The lowest BCUT2D eigenvalue weighted by Gasteiger charge is -2.17. The molecule has 0 aliphatic carbocycles. The molecule has 2 aromatic rings. The summed E-state index contributed by atoms with van der Waals surface area (Å²) in [6.45, 7) is 3.44. The number of likely N-dealkylation sites (tertiary alicyclic amines) is 1. The molecule has 33 heavy (non-hydrogen) atoms. The van der Waals surface area contributed by atoms with Crippen LogP contribution in [0.1, 0.15) is 24.5 Å². The van der Waals surface area contributed by atoms with E-state index in [2.05, 4.69) is 4.72 Å². The summed E-state index contributed by atoms with van der Waals surface area (Å²) in [6, 6.07) is 11.2. The molecule has 0 aromatic heterocycles. The monoisotopic (exact) mass is 517 g/mol. The van der Waals surface area contributed by atoms with Crippen molar-refractivity contribution in [3.63, 3.8) is 0 Å². The number of benzene rings is 2. The molecule has 12 heteroatoms. The molecule has 1 saturated heterocycles. The summed E-state index contributed by atoms with van der Waals surface area (Å²) in [5.41, 5.74) is 6.55. The molecule has 0 bridgehead atoms. The fourth-order valence-electron chi connectivity index (χ4n) is 3.36. The Morgan fingerprint density at radius 1 is 1.21 bits per heavy atom. The Labute approximate surface area is 206 Å². The van der Waals surface area contributed by atoms with E-state index in [9.17, 15) is 13.5 Å². The molecular weight excluding hydrogens is 489 g/mol. The minimum absolute atomic E-state index is 0. The van der Waals surface area contributed by atoms with Crippen LogP contribution in [0.5, 0.6) is 11.5 Å². The number of halogens is 2. The smallest absolute Gasteiger partial charge is 0.244 e. The zero-order chi connectivity index (χ0) is 22.6. The Bertz CT molecular complexity index is 1080. The molecule has 0 amide bonds. The third kappa shape index (κ3) is 7.50. The van der Waals surface area contributed by atoms with Gasteiger partial charge in [0.25, 0.3) is 0 Å².